The molecule has 1 saturated carbocycles. The van der Waals surface area contributed by atoms with E-state index in [4.69, 9.17) is 0 Å². The SMILES string of the molecule is CNCCC1CCN(C(C)CC2CC2)CC1. The van der Waals surface area contributed by atoms with Crippen LogP contribution < -0.4 is 5.32 Å². The monoisotopic (exact) mass is 224 g/mol. The molecule has 1 saturated heterocycles. The smallest absolute Gasteiger partial charge is 0.00695 e. The lowest BCUT2D eigenvalue weighted by Crippen LogP contribution is -2.40. The van der Waals surface area contributed by atoms with E-state index in [-0.39, 0.29) is 0 Å². The summed E-state index contributed by atoms with van der Waals surface area (Å²) in [5, 5.41) is 3.27. The molecule has 0 aromatic heterocycles. The van der Waals surface area contributed by atoms with Gasteiger partial charge >= 0.3 is 0 Å². The highest BCUT2D eigenvalue weighted by atomic mass is 15.2. The molecule has 0 aromatic carbocycles. The van der Waals surface area contributed by atoms with E-state index in [1.165, 1.54) is 58.2 Å². The molecule has 2 nitrogen and oxygen atoms in total. The van der Waals surface area contributed by atoms with Gasteiger partial charge < -0.3 is 10.2 Å². The number of rotatable bonds is 6. The van der Waals surface area contributed by atoms with E-state index in [2.05, 4.69) is 24.2 Å². The van der Waals surface area contributed by atoms with E-state index < -0.39 is 0 Å². The van der Waals surface area contributed by atoms with Crippen molar-refractivity contribution in [2.45, 2.75) is 51.5 Å². The first-order valence-corrected chi connectivity index (χ1v) is 7.18. The van der Waals surface area contributed by atoms with Crippen LogP contribution in [0.5, 0.6) is 0 Å². The van der Waals surface area contributed by atoms with Gasteiger partial charge in [-0.2, -0.15) is 0 Å². The molecule has 1 N–H and O–H groups in total. The largest absolute Gasteiger partial charge is 0.320 e. The second-order valence-electron chi connectivity index (χ2n) is 5.90. The van der Waals surface area contributed by atoms with Crippen molar-refractivity contribution < 1.29 is 0 Å². The Kier molecular flexibility index (Phi) is 4.66. The molecule has 1 aliphatic carbocycles. The molecule has 2 rings (SSSR count). The summed E-state index contributed by atoms with van der Waals surface area (Å²) >= 11 is 0. The van der Waals surface area contributed by atoms with Crippen molar-refractivity contribution in [2.75, 3.05) is 26.7 Å². The summed E-state index contributed by atoms with van der Waals surface area (Å²) in [5.74, 6) is 2.06. The fraction of sp³-hybridized carbons (Fsp3) is 1.00. The lowest BCUT2D eigenvalue weighted by atomic mass is 9.92. The zero-order valence-corrected chi connectivity index (χ0v) is 11.0. The summed E-state index contributed by atoms with van der Waals surface area (Å²) in [6.45, 7) is 6.33. The van der Waals surface area contributed by atoms with E-state index in [0.717, 1.165) is 17.9 Å². The van der Waals surface area contributed by atoms with Crippen molar-refractivity contribution >= 4 is 0 Å². The molecule has 16 heavy (non-hydrogen) atoms. The van der Waals surface area contributed by atoms with Crippen LogP contribution in [0.2, 0.25) is 0 Å². The van der Waals surface area contributed by atoms with Crippen molar-refractivity contribution in [3.63, 3.8) is 0 Å². The van der Waals surface area contributed by atoms with Crippen LogP contribution in [0.1, 0.15) is 45.4 Å². The normalized spacial score (nSPS) is 25.9. The molecule has 1 heterocycles. The average molecular weight is 224 g/mol. The Morgan fingerprint density at radius 2 is 1.81 bits per heavy atom. The van der Waals surface area contributed by atoms with Crippen molar-refractivity contribution in [2.24, 2.45) is 11.8 Å². The van der Waals surface area contributed by atoms with Crippen molar-refractivity contribution in [3.05, 3.63) is 0 Å². The molecular weight excluding hydrogens is 196 g/mol. The minimum absolute atomic E-state index is 0.845. The van der Waals surface area contributed by atoms with Gasteiger partial charge in [-0.25, -0.2) is 0 Å². The fourth-order valence-corrected chi connectivity index (χ4v) is 3.02. The third-order valence-corrected chi connectivity index (χ3v) is 4.45. The Morgan fingerprint density at radius 1 is 1.12 bits per heavy atom. The van der Waals surface area contributed by atoms with Crippen molar-refractivity contribution in [1.82, 2.24) is 10.2 Å². The average Bonchev–Trinajstić information content (AvgIpc) is 3.11. The zero-order chi connectivity index (χ0) is 11.4. The Balaban J connectivity index is 1.63. The lowest BCUT2D eigenvalue weighted by molar-refractivity contribution is 0.129. The Bertz CT molecular complexity index is 193. The first kappa shape index (κ1) is 12.4. The highest BCUT2D eigenvalue weighted by Crippen LogP contribution is 2.35. The van der Waals surface area contributed by atoms with Gasteiger partial charge in [0.2, 0.25) is 0 Å². The maximum Gasteiger partial charge on any atom is 0.00695 e. The topological polar surface area (TPSA) is 15.3 Å². The first-order chi connectivity index (χ1) is 7.79. The van der Waals surface area contributed by atoms with Gasteiger partial charge in [-0.15, -0.1) is 0 Å². The lowest BCUT2D eigenvalue weighted by Gasteiger charge is -2.36. The third-order valence-electron chi connectivity index (χ3n) is 4.45. The molecule has 1 unspecified atom stereocenters. The summed E-state index contributed by atoms with van der Waals surface area (Å²) in [7, 11) is 2.06. The van der Waals surface area contributed by atoms with E-state index in [0.29, 0.717) is 0 Å². The van der Waals surface area contributed by atoms with Crippen LogP contribution in [-0.4, -0.2) is 37.6 Å². The molecule has 1 aliphatic heterocycles. The minimum atomic E-state index is 0.845. The second-order valence-corrected chi connectivity index (χ2v) is 5.90. The molecule has 0 radical (unpaired) electrons. The van der Waals surface area contributed by atoms with Crippen LogP contribution in [0.15, 0.2) is 0 Å². The summed E-state index contributed by atoms with van der Waals surface area (Å²) in [6, 6.07) is 0.845. The molecule has 94 valence electrons. The second kappa shape index (κ2) is 6.02. The predicted octanol–water partition coefficient (Wildman–Crippen LogP) is 2.50. The van der Waals surface area contributed by atoms with Gasteiger partial charge in [-0.05, 0) is 71.1 Å². The van der Waals surface area contributed by atoms with Gasteiger partial charge in [0.05, 0.1) is 0 Å². The number of hydrogen-bond donors (Lipinski definition) is 1. The standard InChI is InChI=1S/C14H28N2/c1-12(11-14-3-4-14)16-9-6-13(7-10-16)5-8-15-2/h12-15H,3-11H2,1-2H3. The van der Waals surface area contributed by atoms with Crippen LogP contribution in [0.4, 0.5) is 0 Å². The van der Waals surface area contributed by atoms with E-state index in [9.17, 15) is 0 Å². The molecule has 1 atom stereocenters. The van der Waals surface area contributed by atoms with Crippen LogP contribution in [0.3, 0.4) is 0 Å². The first-order valence-electron chi connectivity index (χ1n) is 7.18. The number of hydrogen-bond acceptors (Lipinski definition) is 2. The van der Waals surface area contributed by atoms with Gasteiger partial charge in [0, 0.05) is 6.04 Å². The van der Waals surface area contributed by atoms with E-state index in [1.54, 1.807) is 0 Å². The quantitative estimate of drug-likeness (QED) is 0.746. The summed E-state index contributed by atoms with van der Waals surface area (Å²) in [6.07, 6.45) is 8.70. The van der Waals surface area contributed by atoms with Gasteiger partial charge in [0.25, 0.3) is 0 Å². The van der Waals surface area contributed by atoms with Crippen molar-refractivity contribution in [1.29, 1.82) is 0 Å². The van der Waals surface area contributed by atoms with Crippen LogP contribution >= 0.6 is 0 Å². The minimum Gasteiger partial charge on any atom is -0.320 e. The highest BCUT2D eigenvalue weighted by Gasteiger charge is 2.28. The molecule has 2 aliphatic rings. The fourth-order valence-electron chi connectivity index (χ4n) is 3.02. The molecule has 0 aromatic rings. The molecule has 2 heteroatoms. The maximum absolute atomic E-state index is 3.27. The predicted molar refractivity (Wildman–Crippen MR) is 69.6 cm³/mol. The Labute approximate surface area is 101 Å². The molecule has 0 spiro atoms. The van der Waals surface area contributed by atoms with E-state index in [1.807, 2.05) is 0 Å². The van der Waals surface area contributed by atoms with Crippen LogP contribution in [-0.2, 0) is 0 Å². The van der Waals surface area contributed by atoms with Gasteiger partial charge in [0.1, 0.15) is 0 Å². The Hall–Kier alpha value is -0.0800. The summed E-state index contributed by atoms with van der Waals surface area (Å²) < 4.78 is 0. The molecule has 0 bridgehead atoms. The maximum atomic E-state index is 3.27. The van der Waals surface area contributed by atoms with Crippen LogP contribution in [0.25, 0.3) is 0 Å². The van der Waals surface area contributed by atoms with E-state index >= 15 is 0 Å². The number of piperidine rings is 1. The molecule has 2 fully saturated rings. The third kappa shape index (κ3) is 3.74. The summed E-state index contributed by atoms with van der Waals surface area (Å²) in [4.78, 5) is 2.73. The number of nitrogens with one attached hydrogen (secondary N) is 1. The number of nitrogens with zero attached hydrogens (tertiary/aromatic N) is 1. The van der Waals surface area contributed by atoms with Gasteiger partial charge in [-0.1, -0.05) is 12.8 Å². The summed E-state index contributed by atoms with van der Waals surface area (Å²) in [5.41, 5.74) is 0. The highest BCUT2D eigenvalue weighted by molar-refractivity contribution is 4.82. The molecular formula is C14H28N2. The van der Waals surface area contributed by atoms with Crippen molar-refractivity contribution in [3.8, 4) is 0 Å². The van der Waals surface area contributed by atoms with Crippen LogP contribution in [0, 0.1) is 11.8 Å². The Morgan fingerprint density at radius 3 is 2.38 bits per heavy atom. The molecule has 0 amide bonds. The van der Waals surface area contributed by atoms with Gasteiger partial charge in [-0.3, -0.25) is 0 Å². The number of likely N-dealkylation sites (tertiary alicyclic amines) is 1. The zero-order valence-electron chi connectivity index (χ0n) is 11.0. The van der Waals surface area contributed by atoms with Gasteiger partial charge in [0.15, 0.2) is 0 Å².